The molecule has 3 aromatic rings. The van der Waals surface area contributed by atoms with Gasteiger partial charge >= 0.3 is 0 Å². The van der Waals surface area contributed by atoms with Crippen LogP contribution in [0.15, 0.2) is 73.3 Å². The molecular weight excluding hydrogens is 328 g/mol. The molecule has 1 heterocycles. The largest absolute Gasteiger partial charge is 0.311 e. The van der Waals surface area contributed by atoms with Gasteiger partial charge in [0.2, 0.25) is 11.2 Å². The highest BCUT2D eigenvalue weighted by atomic mass is 32.2. The molecule has 0 radical (unpaired) electrons. The quantitative estimate of drug-likeness (QED) is 0.569. The van der Waals surface area contributed by atoms with E-state index in [1.807, 2.05) is 30.3 Å². The van der Waals surface area contributed by atoms with Gasteiger partial charge in [-0.05, 0) is 11.1 Å². The summed E-state index contributed by atoms with van der Waals surface area (Å²) >= 11 is 0. The Kier molecular flexibility index (Phi) is 4.28. The average Bonchev–Trinajstić information content (AvgIpc) is 3.08. The third-order valence-corrected chi connectivity index (χ3v) is 4.60. The van der Waals surface area contributed by atoms with E-state index in [0.717, 1.165) is 15.7 Å². The molecule has 2 aromatic carbocycles. The van der Waals surface area contributed by atoms with Crippen LogP contribution in [0.1, 0.15) is 15.7 Å². The summed E-state index contributed by atoms with van der Waals surface area (Å²) in [5.41, 5.74) is 2.07. The number of carbonyl (C=O) groups is 1. The monoisotopic (exact) mass is 342 g/mol. The van der Waals surface area contributed by atoms with E-state index in [-0.39, 0.29) is 5.56 Å². The lowest BCUT2D eigenvalue weighted by molar-refractivity contribution is 0.0960. The number of aromatic nitrogens is 2. The third kappa shape index (κ3) is 3.27. The molecule has 0 aliphatic heterocycles. The van der Waals surface area contributed by atoms with E-state index in [1.54, 1.807) is 24.3 Å². The van der Waals surface area contributed by atoms with Crippen LogP contribution < -0.4 is 0 Å². The Morgan fingerprint density at radius 1 is 1.00 bits per heavy atom. The Balaban J connectivity index is 1.94. The molecule has 0 saturated carbocycles. The standard InChI is InChI=1S/C17H14N2O4S/c20-16(17(24(21,22)23)19-11-10-18-12-19)15-8-6-14(7-9-15)13-4-2-1-3-5-13/h1-12,17H,(H,21,22,23). The average molecular weight is 342 g/mol. The number of Topliss-reactive ketones (excluding diaryl/α,β-unsaturated/α-hetero) is 1. The van der Waals surface area contributed by atoms with Gasteiger partial charge in [0.1, 0.15) is 0 Å². The predicted octanol–water partition coefficient (Wildman–Crippen LogP) is 2.82. The normalized spacial score (nSPS) is 12.7. The molecule has 0 aliphatic rings. The summed E-state index contributed by atoms with van der Waals surface area (Å²) in [6, 6.07) is 16.1. The maximum Gasteiger partial charge on any atom is 0.294 e. The predicted molar refractivity (Wildman–Crippen MR) is 89.0 cm³/mol. The highest BCUT2D eigenvalue weighted by Gasteiger charge is 2.33. The van der Waals surface area contributed by atoms with Crippen molar-refractivity contribution in [2.75, 3.05) is 0 Å². The molecule has 0 saturated heterocycles. The van der Waals surface area contributed by atoms with Crippen LogP contribution in [0.25, 0.3) is 11.1 Å². The van der Waals surface area contributed by atoms with Crippen LogP contribution in [-0.2, 0) is 10.1 Å². The van der Waals surface area contributed by atoms with Gasteiger partial charge in [0.15, 0.2) is 0 Å². The van der Waals surface area contributed by atoms with E-state index in [1.165, 1.54) is 18.7 Å². The van der Waals surface area contributed by atoms with Crippen LogP contribution >= 0.6 is 0 Å². The SMILES string of the molecule is O=C(c1ccc(-c2ccccc2)cc1)C(n1ccnc1)S(=O)(=O)O. The zero-order chi connectivity index (χ0) is 17.2. The van der Waals surface area contributed by atoms with Crippen LogP contribution in [0, 0.1) is 0 Å². The summed E-state index contributed by atoms with van der Waals surface area (Å²) in [6.07, 6.45) is 3.83. The fourth-order valence-corrected chi connectivity index (χ4v) is 3.27. The third-order valence-electron chi connectivity index (χ3n) is 3.58. The molecule has 0 fully saturated rings. The van der Waals surface area contributed by atoms with Gasteiger partial charge in [0, 0.05) is 18.0 Å². The second-order valence-electron chi connectivity index (χ2n) is 5.18. The van der Waals surface area contributed by atoms with Gasteiger partial charge in [-0.25, -0.2) is 4.98 Å². The number of rotatable bonds is 5. The summed E-state index contributed by atoms with van der Waals surface area (Å²) in [4.78, 5) is 16.3. The molecule has 24 heavy (non-hydrogen) atoms. The first-order valence-electron chi connectivity index (χ1n) is 7.10. The number of benzene rings is 2. The molecule has 1 aromatic heterocycles. The summed E-state index contributed by atoms with van der Waals surface area (Å²) in [5.74, 6) is -0.727. The van der Waals surface area contributed by atoms with Crippen LogP contribution in [0.3, 0.4) is 0 Å². The van der Waals surface area contributed by atoms with Gasteiger partial charge in [0.25, 0.3) is 10.1 Å². The molecule has 0 bridgehead atoms. The fraction of sp³-hybridized carbons (Fsp3) is 0.0588. The second kappa shape index (κ2) is 6.38. The molecule has 0 amide bonds. The first-order chi connectivity index (χ1) is 11.5. The van der Waals surface area contributed by atoms with Crippen molar-refractivity contribution < 1.29 is 17.8 Å². The number of ketones is 1. The van der Waals surface area contributed by atoms with E-state index in [9.17, 15) is 17.8 Å². The first kappa shape index (κ1) is 16.1. The number of imidazole rings is 1. The summed E-state index contributed by atoms with van der Waals surface area (Å²) < 4.78 is 33.7. The van der Waals surface area contributed by atoms with E-state index in [4.69, 9.17) is 0 Å². The van der Waals surface area contributed by atoms with Crippen molar-refractivity contribution in [3.63, 3.8) is 0 Å². The van der Waals surface area contributed by atoms with Gasteiger partial charge < -0.3 is 4.57 Å². The molecular formula is C17H14N2O4S. The Hall–Kier alpha value is -2.77. The topological polar surface area (TPSA) is 89.3 Å². The van der Waals surface area contributed by atoms with Crippen molar-refractivity contribution in [3.05, 3.63) is 78.9 Å². The molecule has 1 atom stereocenters. The molecule has 0 spiro atoms. The minimum absolute atomic E-state index is 0.186. The Morgan fingerprint density at radius 3 is 2.17 bits per heavy atom. The lowest BCUT2D eigenvalue weighted by atomic mass is 10.0. The van der Waals surface area contributed by atoms with Crippen molar-refractivity contribution in [1.82, 2.24) is 9.55 Å². The molecule has 7 heteroatoms. The molecule has 0 aliphatic carbocycles. The highest BCUT2D eigenvalue weighted by molar-refractivity contribution is 7.86. The maximum atomic E-state index is 12.5. The van der Waals surface area contributed by atoms with Crippen LogP contribution in [0.2, 0.25) is 0 Å². The summed E-state index contributed by atoms with van der Waals surface area (Å²) in [5, 5.41) is -1.75. The smallest absolute Gasteiger partial charge is 0.294 e. The fourth-order valence-electron chi connectivity index (χ4n) is 2.43. The van der Waals surface area contributed by atoms with Gasteiger partial charge in [-0.2, -0.15) is 8.42 Å². The molecule has 3 rings (SSSR count). The number of hydrogen-bond acceptors (Lipinski definition) is 4. The maximum absolute atomic E-state index is 12.5. The van der Waals surface area contributed by atoms with Crippen molar-refractivity contribution in [2.45, 2.75) is 5.37 Å². The minimum Gasteiger partial charge on any atom is -0.311 e. The molecule has 122 valence electrons. The highest BCUT2D eigenvalue weighted by Crippen LogP contribution is 2.23. The number of carbonyl (C=O) groups excluding carboxylic acids is 1. The van der Waals surface area contributed by atoms with E-state index >= 15 is 0 Å². The molecule has 6 nitrogen and oxygen atoms in total. The lowest BCUT2D eigenvalue weighted by Crippen LogP contribution is -2.26. The Labute approximate surface area is 139 Å². The van der Waals surface area contributed by atoms with E-state index < -0.39 is 21.3 Å². The Bertz CT molecular complexity index is 934. The van der Waals surface area contributed by atoms with Crippen molar-refractivity contribution in [3.8, 4) is 11.1 Å². The minimum atomic E-state index is -4.62. The van der Waals surface area contributed by atoms with Crippen molar-refractivity contribution >= 4 is 15.9 Å². The first-order valence-corrected chi connectivity index (χ1v) is 8.60. The second-order valence-corrected chi connectivity index (χ2v) is 6.66. The van der Waals surface area contributed by atoms with Crippen LogP contribution in [0.4, 0.5) is 0 Å². The lowest BCUT2D eigenvalue weighted by Gasteiger charge is -2.14. The molecule has 1 N–H and O–H groups in total. The van der Waals surface area contributed by atoms with E-state index in [2.05, 4.69) is 4.98 Å². The van der Waals surface area contributed by atoms with Gasteiger partial charge in [-0.1, -0.05) is 54.6 Å². The Morgan fingerprint density at radius 2 is 1.62 bits per heavy atom. The van der Waals surface area contributed by atoms with Crippen LogP contribution in [0.5, 0.6) is 0 Å². The number of nitrogens with zero attached hydrogens (tertiary/aromatic N) is 2. The van der Waals surface area contributed by atoms with Gasteiger partial charge in [-0.3, -0.25) is 9.35 Å². The molecule has 1 unspecified atom stereocenters. The zero-order valence-electron chi connectivity index (χ0n) is 12.5. The number of hydrogen-bond donors (Lipinski definition) is 1. The van der Waals surface area contributed by atoms with E-state index in [0.29, 0.717) is 0 Å². The van der Waals surface area contributed by atoms with Crippen molar-refractivity contribution in [1.29, 1.82) is 0 Å². The van der Waals surface area contributed by atoms with Gasteiger partial charge in [0.05, 0.1) is 6.33 Å². The van der Waals surface area contributed by atoms with Crippen LogP contribution in [-0.4, -0.2) is 28.3 Å². The zero-order valence-corrected chi connectivity index (χ0v) is 13.3. The van der Waals surface area contributed by atoms with Gasteiger partial charge in [-0.15, -0.1) is 0 Å². The summed E-state index contributed by atoms with van der Waals surface area (Å²) in [6.45, 7) is 0. The summed E-state index contributed by atoms with van der Waals surface area (Å²) in [7, 11) is -4.62. The van der Waals surface area contributed by atoms with Crippen molar-refractivity contribution in [2.24, 2.45) is 0 Å².